The van der Waals surface area contributed by atoms with Crippen molar-refractivity contribution in [2.45, 2.75) is 181 Å². The van der Waals surface area contributed by atoms with Gasteiger partial charge in [0.2, 0.25) is 0 Å². The van der Waals surface area contributed by atoms with E-state index in [1.165, 1.54) is 109 Å². The zero-order valence-corrected chi connectivity index (χ0v) is 26.2. The zero-order chi connectivity index (χ0) is 27.6. The van der Waals surface area contributed by atoms with Gasteiger partial charge in [-0.1, -0.05) is 130 Å². The van der Waals surface area contributed by atoms with Gasteiger partial charge in [-0.05, 0) is 51.0 Å². The van der Waals surface area contributed by atoms with Gasteiger partial charge in [0, 0.05) is 13.2 Å². The number of rotatable bonds is 33. The molecule has 0 aliphatic rings. The molecule has 0 rings (SSSR count). The van der Waals surface area contributed by atoms with Crippen molar-refractivity contribution >= 4 is 0 Å². The van der Waals surface area contributed by atoms with Gasteiger partial charge in [-0.2, -0.15) is 0 Å². The van der Waals surface area contributed by atoms with E-state index in [0.29, 0.717) is 6.79 Å². The molecule has 0 saturated carbocycles. The predicted octanol–water partition coefficient (Wildman–Crippen LogP) is 11.3. The second kappa shape index (κ2) is 34.4. The molecule has 0 aromatic heterocycles. The Bertz CT molecular complexity index is 420. The second-order valence-corrected chi connectivity index (χ2v) is 11.0. The molecule has 4 nitrogen and oxygen atoms in total. The summed E-state index contributed by atoms with van der Waals surface area (Å²) >= 11 is 0. The fourth-order valence-electron chi connectivity index (χ4n) is 4.60. The van der Waals surface area contributed by atoms with Crippen LogP contribution >= 0.6 is 0 Å². The van der Waals surface area contributed by atoms with Gasteiger partial charge in [0.25, 0.3) is 0 Å². The molecular weight excluding hydrogens is 472 g/mol. The first-order valence-corrected chi connectivity index (χ1v) is 16.9. The van der Waals surface area contributed by atoms with Gasteiger partial charge in [0.05, 0.1) is 12.9 Å². The van der Waals surface area contributed by atoms with Crippen molar-refractivity contribution in [3.63, 3.8) is 0 Å². The van der Waals surface area contributed by atoms with E-state index in [2.05, 4.69) is 26.8 Å². The van der Waals surface area contributed by atoms with Crippen molar-refractivity contribution in [3.05, 3.63) is 12.3 Å². The van der Waals surface area contributed by atoms with Crippen LogP contribution in [0.3, 0.4) is 0 Å². The van der Waals surface area contributed by atoms with E-state index in [-0.39, 0.29) is 6.29 Å². The zero-order valence-electron chi connectivity index (χ0n) is 26.2. The Morgan fingerprint density at radius 2 is 0.921 bits per heavy atom. The van der Waals surface area contributed by atoms with Crippen molar-refractivity contribution < 1.29 is 18.9 Å². The molecule has 0 N–H and O–H groups in total. The molecule has 0 aliphatic heterocycles. The average molecular weight is 541 g/mol. The minimum absolute atomic E-state index is 0.0363. The fraction of sp³-hybridized carbons (Fsp3) is 0.941. The van der Waals surface area contributed by atoms with Gasteiger partial charge in [-0.3, -0.25) is 0 Å². The topological polar surface area (TPSA) is 36.9 Å². The van der Waals surface area contributed by atoms with Crippen LogP contribution in [0.15, 0.2) is 12.3 Å². The van der Waals surface area contributed by atoms with E-state index in [9.17, 15) is 0 Å². The Balaban J connectivity index is 3.85. The molecule has 0 heterocycles. The minimum atomic E-state index is -0.0363. The lowest BCUT2D eigenvalue weighted by Gasteiger charge is -2.19. The van der Waals surface area contributed by atoms with E-state index in [0.717, 1.165) is 64.8 Å². The largest absolute Gasteiger partial charge is 0.475 e. The van der Waals surface area contributed by atoms with Crippen molar-refractivity contribution in [2.24, 2.45) is 0 Å². The summed E-state index contributed by atoms with van der Waals surface area (Å²) in [4.78, 5) is 0. The lowest BCUT2D eigenvalue weighted by Crippen LogP contribution is -2.19. The van der Waals surface area contributed by atoms with Crippen LogP contribution in [0.25, 0.3) is 0 Å². The summed E-state index contributed by atoms with van der Waals surface area (Å²) in [5.41, 5.74) is 0. The first-order valence-electron chi connectivity index (χ1n) is 16.9. The Hall–Kier alpha value is -0.580. The monoisotopic (exact) mass is 541 g/mol. The molecule has 228 valence electrons. The number of allylic oxidation sites excluding steroid dienone is 1. The summed E-state index contributed by atoms with van der Waals surface area (Å²) in [5, 5.41) is 0. The standard InChI is InChI=1S/C34H68O4/c1-4-7-10-13-16-20-26-31-37-34(38-32-27-21-17-14-11-8-5-2)28-23-18-22-25-30-36-33-35-29-24-19-15-12-9-6-3/h25,30,34H,4-24,26-29,31-33H2,1-3H3. The molecule has 4 heteroatoms. The smallest absolute Gasteiger partial charge is 0.188 e. The maximum atomic E-state index is 6.17. The van der Waals surface area contributed by atoms with Gasteiger partial charge in [-0.15, -0.1) is 0 Å². The summed E-state index contributed by atoms with van der Waals surface area (Å²) in [5.74, 6) is 0. The highest BCUT2D eigenvalue weighted by Crippen LogP contribution is 2.13. The molecule has 0 unspecified atom stereocenters. The van der Waals surface area contributed by atoms with Gasteiger partial charge in [0.1, 0.15) is 0 Å². The quantitative estimate of drug-likeness (QED) is 0.0471. The van der Waals surface area contributed by atoms with Gasteiger partial charge >= 0.3 is 0 Å². The minimum Gasteiger partial charge on any atom is -0.475 e. The number of ether oxygens (including phenoxy) is 4. The van der Waals surface area contributed by atoms with Gasteiger partial charge in [-0.25, -0.2) is 0 Å². The third-order valence-corrected chi connectivity index (χ3v) is 7.15. The fourth-order valence-corrected chi connectivity index (χ4v) is 4.60. The third kappa shape index (κ3) is 31.6. The molecule has 0 spiro atoms. The Labute approximate surface area is 239 Å². The highest BCUT2D eigenvalue weighted by atomic mass is 16.7. The predicted molar refractivity (Wildman–Crippen MR) is 165 cm³/mol. The second-order valence-electron chi connectivity index (χ2n) is 11.0. The maximum absolute atomic E-state index is 6.17. The molecule has 38 heavy (non-hydrogen) atoms. The molecular formula is C34H68O4. The van der Waals surface area contributed by atoms with Crippen LogP contribution in [0.1, 0.15) is 175 Å². The SMILES string of the molecule is CCCCCCCCCOC(CCCCC=COCOCCCCCCCC)OCCCCCCCCC. The highest BCUT2D eigenvalue weighted by molar-refractivity contribution is 4.73. The Morgan fingerprint density at radius 1 is 0.474 bits per heavy atom. The van der Waals surface area contributed by atoms with Gasteiger partial charge in [0.15, 0.2) is 13.1 Å². The third-order valence-electron chi connectivity index (χ3n) is 7.15. The van der Waals surface area contributed by atoms with Crippen molar-refractivity contribution in [3.8, 4) is 0 Å². The Morgan fingerprint density at radius 3 is 1.42 bits per heavy atom. The van der Waals surface area contributed by atoms with Crippen LogP contribution in [0.4, 0.5) is 0 Å². The summed E-state index contributed by atoms with van der Waals surface area (Å²) in [6.45, 7) is 9.65. The van der Waals surface area contributed by atoms with Crippen molar-refractivity contribution in [1.29, 1.82) is 0 Å². The van der Waals surface area contributed by atoms with Crippen LogP contribution in [0.5, 0.6) is 0 Å². The molecule has 0 aliphatic carbocycles. The number of unbranched alkanes of at least 4 members (excludes halogenated alkanes) is 19. The molecule has 0 fully saturated rings. The molecule has 0 bridgehead atoms. The maximum Gasteiger partial charge on any atom is 0.188 e. The molecule has 0 saturated heterocycles. The normalized spacial score (nSPS) is 11.8. The van der Waals surface area contributed by atoms with Crippen molar-refractivity contribution in [1.82, 2.24) is 0 Å². The number of hydrogen-bond donors (Lipinski definition) is 0. The number of hydrogen-bond acceptors (Lipinski definition) is 4. The van der Waals surface area contributed by atoms with Crippen LogP contribution in [-0.4, -0.2) is 32.9 Å². The Kier molecular flexibility index (Phi) is 33.9. The first kappa shape index (κ1) is 37.4. The lowest BCUT2D eigenvalue weighted by atomic mass is 10.1. The summed E-state index contributed by atoms with van der Waals surface area (Å²) in [6, 6.07) is 0. The van der Waals surface area contributed by atoms with Crippen LogP contribution < -0.4 is 0 Å². The molecule has 0 aromatic carbocycles. The van der Waals surface area contributed by atoms with E-state index in [4.69, 9.17) is 18.9 Å². The molecule has 0 aromatic rings. The highest BCUT2D eigenvalue weighted by Gasteiger charge is 2.09. The first-order chi connectivity index (χ1) is 18.8. The summed E-state index contributed by atoms with van der Waals surface area (Å²) in [6.07, 6.45) is 34.3. The van der Waals surface area contributed by atoms with E-state index < -0.39 is 0 Å². The lowest BCUT2D eigenvalue weighted by molar-refractivity contribution is -0.148. The van der Waals surface area contributed by atoms with E-state index in [1.54, 1.807) is 6.26 Å². The summed E-state index contributed by atoms with van der Waals surface area (Å²) < 4.78 is 23.4. The molecule has 0 radical (unpaired) electrons. The van der Waals surface area contributed by atoms with E-state index >= 15 is 0 Å². The van der Waals surface area contributed by atoms with Crippen LogP contribution in [-0.2, 0) is 18.9 Å². The van der Waals surface area contributed by atoms with E-state index in [1.807, 2.05) is 0 Å². The van der Waals surface area contributed by atoms with Gasteiger partial charge < -0.3 is 18.9 Å². The average Bonchev–Trinajstić information content (AvgIpc) is 2.93. The summed E-state index contributed by atoms with van der Waals surface area (Å²) in [7, 11) is 0. The van der Waals surface area contributed by atoms with Crippen LogP contribution in [0, 0.1) is 0 Å². The molecule has 0 atom stereocenters. The van der Waals surface area contributed by atoms with Crippen molar-refractivity contribution in [2.75, 3.05) is 26.6 Å². The molecule has 0 amide bonds. The van der Waals surface area contributed by atoms with Crippen LogP contribution in [0.2, 0.25) is 0 Å².